The maximum absolute atomic E-state index is 12.3. The summed E-state index contributed by atoms with van der Waals surface area (Å²) in [7, 11) is 1.55. The molecule has 0 atom stereocenters. The van der Waals surface area contributed by atoms with E-state index in [4.69, 9.17) is 4.74 Å². The third-order valence-electron chi connectivity index (χ3n) is 4.96. The quantitative estimate of drug-likeness (QED) is 0.658. The van der Waals surface area contributed by atoms with Gasteiger partial charge in [-0.1, -0.05) is 12.1 Å². The lowest BCUT2D eigenvalue weighted by Gasteiger charge is -2.19. The molecule has 1 aliphatic rings. The van der Waals surface area contributed by atoms with Crippen molar-refractivity contribution in [2.24, 2.45) is 0 Å². The monoisotopic (exact) mass is 405 g/mol. The Kier molecular flexibility index (Phi) is 5.65. The van der Waals surface area contributed by atoms with Crippen molar-refractivity contribution in [3.05, 3.63) is 66.5 Å². The number of aromatic nitrogens is 2. The largest absolute Gasteiger partial charge is 0.494 e. The zero-order valence-electron chi connectivity index (χ0n) is 16.7. The number of urea groups is 1. The van der Waals surface area contributed by atoms with Crippen LogP contribution in [0.5, 0.6) is 5.75 Å². The molecular formula is C22H23N5O3. The molecule has 0 unspecified atom stereocenters. The van der Waals surface area contributed by atoms with Crippen LogP contribution in [0.2, 0.25) is 0 Å². The fraction of sp³-hybridized carbons (Fsp3) is 0.227. The molecule has 0 bridgehead atoms. The van der Waals surface area contributed by atoms with Gasteiger partial charge in [0.1, 0.15) is 5.75 Å². The first kappa shape index (κ1) is 19.5. The molecule has 1 fully saturated rings. The van der Waals surface area contributed by atoms with Gasteiger partial charge in [-0.05, 0) is 42.3 Å². The molecule has 2 heterocycles. The van der Waals surface area contributed by atoms with Gasteiger partial charge in [0.15, 0.2) is 0 Å². The summed E-state index contributed by atoms with van der Waals surface area (Å²) >= 11 is 0. The van der Waals surface area contributed by atoms with Gasteiger partial charge in [0, 0.05) is 43.7 Å². The molecule has 3 amide bonds. The Hall–Kier alpha value is -3.81. The number of nitrogens with one attached hydrogen (secondary N) is 2. The molecule has 30 heavy (non-hydrogen) atoms. The number of carbonyl (C=O) groups excluding carboxylic acids is 2. The van der Waals surface area contributed by atoms with Gasteiger partial charge < -0.3 is 20.3 Å². The minimum atomic E-state index is -0.321. The Labute approximate surface area is 174 Å². The minimum Gasteiger partial charge on any atom is -0.494 e. The maximum atomic E-state index is 12.3. The lowest BCUT2D eigenvalue weighted by molar-refractivity contribution is -0.117. The smallest absolute Gasteiger partial charge is 0.319 e. The van der Waals surface area contributed by atoms with Crippen LogP contribution >= 0.6 is 0 Å². The van der Waals surface area contributed by atoms with Crippen LogP contribution in [0.3, 0.4) is 0 Å². The van der Waals surface area contributed by atoms with Crippen molar-refractivity contribution in [1.29, 1.82) is 0 Å². The Morgan fingerprint density at radius 1 is 1.20 bits per heavy atom. The minimum absolute atomic E-state index is 0.0883. The predicted molar refractivity (Wildman–Crippen MR) is 114 cm³/mol. The number of ether oxygens (including phenoxy) is 1. The van der Waals surface area contributed by atoms with Gasteiger partial charge in [0.2, 0.25) is 5.91 Å². The molecule has 1 saturated heterocycles. The summed E-state index contributed by atoms with van der Waals surface area (Å²) in [5, 5.41) is 9.83. The summed E-state index contributed by atoms with van der Waals surface area (Å²) in [5.74, 6) is 0.641. The van der Waals surface area contributed by atoms with Gasteiger partial charge in [0.05, 0.1) is 18.5 Å². The number of carbonyl (C=O) groups is 2. The van der Waals surface area contributed by atoms with Crippen LogP contribution in [0, 0.1) is 0 Å². The van der Waals surface area contributed by atoms with E-state index in [0.29, 0.717) is 30.9 Å². The molecule has 8 nitrogen and oxygen atoms in total. The van der Waals surface area contributed by atoms with Gasteiger partial charge >= 0.3 is 6.03 Å². The number of amides is 3. The van der Waals surface area contributed by atoms with E-state index < -0.39 is 0 Å². The first-order valence-electron chi connectivity index (χ1n) is 9.76. The summed E-state index contributed by atoms with van der Waals surface area (Å²) in [4.78, 5) is 26.0. The zero-order valence-corrected chi connectivity index (χ0v) is 16.7. The highest BCUT2D eigenvalue weighted by Gasteiger charge is 2.24. The van der Waals surface area contributed by atoms with Crippen LogP contribution in [0.4, 0.5) is 16.2 Å². The van der Waals surface area contributed by atoms with Crippen molar-refractivity contribution >= 4 is 23.3 Å². The van der Waals surface area contributed by atoms with E-state index in [1.807, 2.05) is 36.5 Å². The lowest BCUT2D eigenvalue weighted by atomic mass is 10.2. The number of methoxy groups -OCH3 is 1. The number of anilines is 2. The third-order valence-corrected chi connectivity index (χ3v) is 4.96. The average Bonchev–Trinajstić information content (AvgIpc) is 3.45. The van der Waals surface area contributed by atoms with Crippen LogP contribution < -0.4 is 20.3 Å². The van der Waals surface area contributed by atoms with Gasteiger partial charge in [-0.25, -0.2) is 9.48 Å². The molecule has 1 aromatic heterocycles. The topological polar surface area (TPSA) is 88.5 Å². The first-order valence-corrected chi connectivity index (χ1v) is 9.76. The van der Waals surface area contributed by atoms with E-state index in [1.165, 1.54) is 0 Å². The van der Waals surface area contributed by atoms with Crippen LogP contribution in [0.25, 0.3) is 5.69 Å². The van der Waals surface area contributed by atoms with E-state index in [2.05, 4.69) is 15.7 Å². The van der Waals surface area contributed by atoms with Crippen molar-refractivity contribution in [1.82, 2.24) is 15.1 Å². The summed E-state index contributed by atoms with van der Waals surface area (Å²) < 4.78 is 7.20. The van der Waals surface area contributed by atoms with Crippen LogP contribution in [-0.2, 0) is 11.3 Å². The predicted octanol–water partition coefficient (Wildman–Crippen LogP) is 3.33. The molecule has 0 saturated carbocycles. The Morgan fingerprint density at radius 2 is 2.03 bits per heavy atom. The van der Waals surface area contributed by atoms with Crippen molar-refractivity contribution in [2.45, 2.75) is 19.4 Å². The molecule has 2 aromatic carbocycles. The van der Waals surface area contributed by atoms with Crippen molar-refractivity contribution in [2.75, 3.05) is 23.9 Å². The van der Waals surface area contributed by atoms with Crippen LogP contribution in [-0.4, -0.2) is 35.4 Å². The Bertz CT molecular complexity index is 1030. The standard InChI is InChI=1S/C22H23N5O3/c1-30-20-14-17(7-10-19(20)26-12-2-4-21(26)28)25-22(29)23-15-16-5-8-18(9-6-16)27-13-3-11-24-27/h3,5-11,13-14H,2,4,12,15H2,1H3,(H2,23,25,29). The second-order valence-corrected chi connectivity index (χ2v) is 6.96. The van der Waals surface area contributed by atoms with E-state index in [1.54, 1.807) is 41.1 Å². The number of hydrogen-bond donors (Lipinski definition) is 2. The summed E-state index contributed by atoms with van der Waals surface area (Å²) in [6.45, 7) is 1.07. The fourth-order valence-corrected chi connectivity index (χ4v) is 3.43. The molecule has 0 radical (unpaired) electrons. The SMILES string of the molecule is COc1cc(NC(=O)NCc2ccc(-n3cccn3)cc2)ccc1N1CCCC1=O. The molecule has 0 aliphatic carbocycles. The number of benzene rings is 2. The molecule has 0 spiro atoms. The normalized spacial score (nSPS) is 13.4. The van der Waals surface area contributed by atoms with E-state index in [-0.39, 0.29) is 11.9 Å². The maximum Gasteiger partial charge on any atom is 0.319 e. The highest BCUT2D eigenvalue weighted by molar-refractivity contribution is 5.97. The summed E-state index contributed by atoms with van der Waals surface area (Å²) in [6.07, 6.45) is 4.99. The van der Waals surface area contributed by atoms with E-state index in [0.717, 1.165) is 23.4 Å². The second kappa shape index (κ2) is 8.69. The number of hydrogen-bond acceptors (Lipinski definition) is 4. The molecule has 1 aliphatic heterocycles. The Balaban J connectivity index is 1.35. The third kappa shape index (κ3) is 4.27. The van der Waals surface area contributed by atoms with Crippen LogP contribution in [0.1, 0.15) is 18.4 Å². The van der Waals surface area contributed by atoms with Gasteiger partial charge in [-0.2, -0.15) is 5.10 Å². The van der Waals surface area contributed by atoms with Crippen molar-refractivity contribution < 1.29 is 14.3 Å². The molecular weight excluding hydrogens is 382 g/mol. The van der Waals surface area contributed by atoms with Gasteiger partial charge in [-0.3, -0.25) is 4.79 Å². The molecule has 4 rings (SSSR count). The van der Waals surface area contributed by atoms with E-state index in [9.17, 15) is 9.59 Å². The van der Waals surface area contributed by atoms with Crippen LogP contribution in [0.15, 0.2) is 60.9 Å². The van der Waals surface area contributed by atoms with E-state index >= 15 is 0 Å². The average molecular weight is 405 g/mol. The van der Waals surface area contributed by atoms with Crippen molar-refractivity contribution in [3.63, 3.8) is 0 Å². The highest BCUT2D eigenvalue weighted by atomic mass is 16.5. The molecule has 154 valence electrons. The summed E-state index contributed by atoms with van der Waals surface area (Å²) in [5.41, 5.74) is 3.25. The zero-order chi connectivity index (χ0) is 20.9. The molecule has 8 heteroatoms. The lowest BCUT2D eigenvalue weighted by Crippen LogP contribution is -2.28. The summed E-state index contributed by atoms with van der Waals surface area (Å²) in [6, 6.07) is 14.6. The van der Waals surface area contributed by atoms with Gasteiger partial charge in [-0.15, -0.1) is 0 Å². The second-order valence-electron chi connectivity index (χ2n) is 6.96. The van der Waals surface area contributed by atoms with Crippen molar-refractivity contribution in [3.8, 4) is 11.4 Å². The first-order chi connectivity index (χ1) is 14.6. The number of rotatable bonds is 6. The number of nitrogens with zero attached hydrogens (tertiary/aromatic N) is 3. The fourth-order valence-electron chi connectivity index (χ4n) is 3.43. The highest BCUT2D eigenvalue weighted by Crippen LogP contribution is 2.33. The van der Waals surface area contributed by atoms with Gasteiger partial charge in [0.25, 0.3) is 0 Å². The molecule has 2 N–H and O–H groups in total. The Morgan fingerprint density at radius 3 is 2.70 bits per heavy atom. The molecule has 3 aromatic rings.